The van der Waals surface area contributed by atoms with Crippen molar-refractivity contribution < 1.29 is 4.42 Å². The number of nitrogens with one attached hydrogen (secondary N) is 1. The number of para-hydroxylation sites is 1. The molecule has 1 N–H and O–H groups in total. The number of fused-ring (bicyclic) bond motifs is 1. The van der Waals surface area contributed by atoms with Crippen molar-refractivity contribution in [3.63, 3.8) is 0 Å². The first kappa shape index (κ1) is 21.6. The average molecular weight is 447 g/mol. The van der Waals surface area contributed by atoms with Crippen LogP contribution < -0.4 is 5.56 Å². The van der Waals surface area contributed by atoms with Crippen molar-refractivity contribution in [1.29, 1.82) is 0 Å². The molecule has 0 spiro atoms. The number of H-pyrrole nitrogens is 1. The summed E-state index contributed by atoms with van der Waals surface area (Å²) in [6.07, 6.45) is 7.18. The zero-order chi connectivity index (χ0) is 22.8. The Hall–Kier alpha value is -3.26. The van der Waals surface area contributed by atoms with Crippen molar-refractivity contribution in [1.82, 2.24) is 30.1 Å². The van der Waals surface area contributed by atoms with Gasteiger partial charge in [-0.05, 0) is 65.8 Å². The molecule has 0 bridgehead atoms. The molecule has 1 saturated carbocycles. The number of tetrazole rings is 1. The van der Waals surface area contributed by atoms with Gasteiger partial charge in [0.2, 0.25) is 0 Å². The summed E-state index contributed by atoms with van der Waals surface area (Å²) >= 11 is 0. The maximum absolute atomic E-state index is 13.1. The first-order valence-corrected chi connectivity index (χ1v) is 11.8. The van der Waals surface area contributed by atoms with Crippen molar-refractivity contribution >= 4 is 10.9 Å². The summed E-state index contributed by atoms with van der Waals surface area (Å²) in [7, 11) is 0. The number of rotatable bonds is 8. The molecule has 0 saturated heterocycles. The van der Waals surface area contributed by atoms with Crippen LogP contribution in [0.15, 0.2) is 51.9 Å². The van der Waals surface area contributed by atoms with Gasteiger partial charge < -0.3 is 9.40 Å². The van der Waals surface area contributed by atoms with Gasteiger partial charge in [0, 0.05) is 18.2 Å². The molecular formula is C25H30N6O2. The standard InChI is InChI=1S/C25H30N6O2/c1-3-22(24-27-28-29-31(24)16-21-12-7-13-33-21)30(20-10-4-5-11-20)15-19-14-18-9-6-8-17(2)23(18)26-25(19)32/h6-9,12-14,20,22H,3-5,10-11,15-16H2,1-2H3,(H,26,32)/t22-/m1/s1. The van der Waals surface area contributed by atoms with Crippen molar-refractivity contribution in [3.8, 4) is 0 Å². The lowest BCUT2D eigenvalue weighted by Gasteiger charge is -2.35. The molecule has 8 nitrogen and oxygen atoms in total. The Balaban J connectivity index is 1.51. The summed E-state index contributed by atoms with van der Waals surface area (Å²) in [6, 6.07) is 12.4. The lowest BCUT2D eigenvalue weighted by molar-refractivity contribution is 0.112. The Morgan fingerprint density at radius 2 is 2.09 bits per heavy atom. The van der Waals surface area contributed by atoms with Crippen LogP contribution >= 0.6 is 0 Å². The zero-order valence-electron chi connectivity index (χ0n) is 19.2. The van der Waals surface area contributed by atoms with Gasteiger partial charge in [-0.2, -0.15) is 0 Å². The smallest absolute Gasteiger partial charge is 0.252 e. The number of aryl methyl sites for hydroxylation is 1. The van der Waals surface area contributed by atoms with Crippen LogP contribution in [0.4, 0.5) is 0 Å². The van der Waals surface area contributed by atoms with E-state index in [4.69, 9.17) is 4.42 Å². The van der Waals surface area contributed by atoms with E-state index in [0.29, 0.717) is 19.1 Å². The van der Waals surface area contributed by atoms with Crippen LogP contribution in [0.5, 0.6) is 0 Å². The molecule has 172 valence electrons. The Labute approximate surface area is 192 Å². The third kappa shape index (κ3) is 4.35. The van der Waals surface area contributed by atoms with E-state index in [2.05, 4.69) is 38.4 Å². The molecule has 33 heavy (non-hydrogen) atoms. The second-order valence-corrected chi connectivity index (χ2v) is 8.97. The van der Waals surface area contributed by atoms with Gasteiger partial charge in [0.1, 0.15) is 12.3 Å². The van der Waals surface area contributed by atoms with Crippen LogP contribution in [0.2, 0.25) is 0 Å². The van der Waals surface area contributed by atoms with Crippen LogP contribution in [0.25, 0.3) is 10.9 Å². The van der Waals surface area contributed by atoms with E-state index in [1.165, 1.54) is 12.8 Å². The number of hydrogen-bond acceptors (Lipinski definition) is 6. The highest BCUT2D eigenvalue weighted by Gasteiger charge is 2.32. The monoisotopic (exact) mass is 446 g/mol. The summed E-state index contributed by atoms with van der Waals surface area (Å²) in [4.78, 5) is 18.6. The average Bonchev–Trinajstić information content (AvgIpc) is 3.59. The van der Waals surface area contributed by atoms with Gasteiger partial charge >= 0.3 is 0 Å². The molecule has 8 heteroatoms. The largest absolute Gasteiger partial charge is 0.467 e. The van der Waals surface area contributed by atoms with Gasteiger partial charge in [-0.15, -0.1) is 5.10 Å². The molecule has 1 aliphatic carbocycles. The number of aromatic amines is 1. The number of hydrogen-bond donors (Lipinski definition) is 1. The molecular weight excluding hydrogens is 416 g/mol. The highest BCUT2D eigenvalue weighted by molar-refractivity contribution is 5.81. The fourth-order valence-corrected chi connectivity index (χ4v) is 5.15. The molecule has 3 heterocycles. The molecule has 0 amide bonds. The van der Waals surface area contributed by atoms with Gasteiger partial charge in [-0.25, -0.2) is 4.68 Å². The van der Waals surface area contributed by atoms with Gasteiger partial charge in [-0.3, -0.25) is 9.69 Å². The highest BCUT2D eigenvalue weighted by atomic mass is 16.3. The third-order valence-electron chi connectivity index (χ3n) is 6.84. The molecule has 3 aromatic heterocycles. The summed E-state index contributed by atoms with van der Waals surface area (Å²) < 4.78 is 7.34. The second kappa shape index (κ2) is 9.31. The van der Waals surface area contributed by atoms with Gasteiger partial charge in [0.25, 0.3) is 5.56 Å². The summed E-state index contributed by atoms with van der Waals surface area (Å²) in [5.74, 6) is 1.63. The number of pyridine rings is 1. The molecule has 0 aliphatic heterocycles. The van der Waals surface area contributed by atoms with Crippen LogP contribution in [-0.2, 0) is 13.1 Å². The normalized spacial score (nSPS) is 15.6. The molecule has 0 unspecified atom stereocenters. The maximum Gasteiger partial charge on any atom is 0.252 e. The topological polar surface area (TPSA) is 92.8 Å². The SMILES string of the molecule is CC[C@H](c1nnnn1Cc1ccco1)N(Cc1cc2cccc(C)c2[nH]c1=O)C1CCCC1. The van der Waals surface area contributed by atoms with Gasteiger partial charge in [0.05, 0.1) is 17.8 Å². The van der Waals surface area contributed by atoms with E-state index in [1.54, 1.807) is 6.26 Å². The Kier molecular flexibility index (Phi) is 6.09. The lowest BCUT2D eigenvalue weighted by atomic mass is 10.0. The molecule has 0 radical (unpaired) electrons. The minimum Gasteiger partial charge on any atom is -0.467 e. The van der Waals surface area contributed by atoms with Crippen LogP contribution in [0.3, 0.4) is 0 Å². The van der Waals surface area contributed by atoms with Gasteiger partial charge in [0.15, 0.2) is 5.82 Å². The molecule has 1 atom stereocenters. The Morgan fingerprint density at radius 1 is 1.24 bits per heavy atom. The number of benzene rings is 1. The van der Waals surface area contributed by atoms with E-state index in [-0.39, 0.29) is 11.6 Å². The van der Waals surface area contributed by atoms with Crippen LogP contribution in [-0.4, -0.2) is 36.1 Å². The molecule has 1 aromatic carbocycles. The fraction of sp³-hybridized carbons (Fsp3) is 0.440. The fourth-order valence-electron chi connectivity index (χ4n) is 5.15. The van der Waals surface area contributed by atoms with Crippen molar-refractivity contribution in [3.05, 3.63) is 75.7 Å². The molecule has 5 rings (SSSR count). The predicted octanol–water partition coefficient (Wildman–Crippen LogP) is 4.36. The number of nitrogens with zero attached hydrogens (tertiary/aromatic N) is 5. The highest BCUT2D eigenvalue weighted by Crippen LogP contribution is 2.33. The van der Waals surface area contributed by atoms with Crippen molar-refractivity contribution in [2.75, 3.05) is 0 Å². The molecule has 4 aromatic rings. The van der Waals surface area contributed by atoms with E-state index in [1.807, 2.05) is 41.9 Å². The second-order valence-electron chi connectivity index (χ2n) is 8.97. The quantitative estimate of drug-likeness (QED) is 0.432. The van der Waals surface area contributed by atoms with Crippen molar-refractivity contribution in [2.45, 2.75) is 71.1 Å². The van der Waals surface area contributed by atoms with E-state index in [0.717, 1.165) is 52.9 Å². The van der Waals surface area contributed by atoms with Crippen molar-refractivity contribution in [2.24, 2.45) is 0 Å². The molecule has 1 aliphatic rings. The van der Waals surface area contributed by atoms with Crippen LogP contribution in [0, 0.1) is 6.92 Å². The Morgan fingerprint density at radius 3 is 2.85 bits per heavy atom. The van der Waals surface area contributed by atoms with Crippen LogP contribution in [0.1, 0.15) is 67.8 Å². The number of aromatic nitrogens is 5. The van der Waals surface area contributed by atoms with E-state index >= 15 is 0 Å². The first-order valence-electron chi connectivity index (χ1n) is 11.8. The lowest BCUT2D eigenvalue weighted by Crippen LogP contribution is -2.39. The van der Waals surface area contributed by atoms with E-state index in [9.17, 15) is 4.79 Å². The van der Waals surface area contributed by atoms with E-state index < -0.39 is 0 Å². The summed E-state index contributed by atoms with van der Waals surface area (Å²) in [5.41, 5.74) is 2.74. The first-order chi connectivity index (χ1) is 16.1. The molecule has 1 fully saturated rings. The summed E-state index contributed by atoms with van der Waals surface area (Å²) in [5, 5.41) is 13.7. The zero-order valence-corrected chi connectivity index (χ0v) is 19.2. The maximum atomic E-state index is 13.1. The summed E-state index contributed by atoms with van der Waals surface area (Å²) in [6.45, 7) is 5.23. The predicted molar refractivity (Wildman–Crippen MR) is 126 cm³/mol. The van der Waals surface area contributed by atoms with Gasteiger partial charge in [-0.1, -0.05) is 38.0 Å². The number of furan rings is 1. The third-order valence-corrected chi connectivity index (χ3v) is 6.84. The Bertz CT molecular complexity index is 1270. The minimum absolute atomic E-state index is 0.00525. The minimum atomic E-state index is -0.0233.